The first-order valence-electron chi connectivity index (χ1n) is 15.5. The maximum absolute atomic E-state index is 5.61. The van der Waals surface area contributed by atoms with Crippen LogP contribution in [0.15, 0.2) is 11.3 Å². The predicted molar refractivity (Wildman–Crippen MR) is 153 cm³/mol. The minimum atomic E-state index is 0.471. The summed E-state index contributed by atoms with van der Waals surface area (Å²) in [6.45, 7) is 15.2. The number of hydrogen-bond acceptors (Lipinski definition) is 1. The van der Waals surface area contributed by atoms with Crippen LogP contribution in [0.3, 0.4) is 0 Å². The van der Waals surface area contributed by atoms with Gasteiger partial charge in [0.2, 0.25) is 0 Å². The van der Waals surface area contributed by atoms with Crippen LogP contribution in [0.1, 0.15) is 125 Å². The third-order valence-electron chi connectivity index (χ3n) is 12.2. The van der Waals surface area contributed by atoms with Crippen molar-refractivity contribution in [3.05, 3.63) is 11.3 Å². The van der Waals surface area contributed by atoms with E-state index < -0.39 is 0 Å². The van der Waals surface area contributed by atoms with Gasteiger partial charge in [0, 0.05) is 5.70 Å². The molecule has 2 nitrogen and oxygen atoms in total. The van der Waals surface area contributed by atoms with Crippen LogP contribution in [0.25, 0.3) is 0 Å². The number of thiocarbonyl (C=S) groups is 1. The van der Waals surface area contributed by atoms with E-state index >= 15 is 0 Å². The molecule has 3 heteroatoms. The minimum Gasteiger partial charge on any atom is -0.356 e. The average Bonchev–Trinajstić information content (AvgIpc) is 3.15. The second kappa shape index (κ2) is 9.95. The molecule has 9 atom stereocenters. The molecule has 0 saturated heterocycles. The lowest BCUT2D eigenvalue weighted by molar-refractivity contribution is -0.104. The Morgan fingerprint density at radius 3 is 2.49 bits per heavy atom. The summed E-state index contributed by atoms with van der Waals surface area (Å²) in [6.07, 6.45) is 18.2. The first kappa shape index (κ1) is 26.1. The number of allylic oxidation sites excluding steroid dienone is 1. The van der Waals surface area contributed by atoms with E-state index in [2.05, 4.69) is 52.2 Å². The molecule has 198 valence electrons. The van der Waals surface area contributed by atoms with Gasteiger partial charge < -0.3 is 10.6 Å². The van der Waals surface area contributed by atoms with Gasteiger partial charge in [-0.05, 0) is 128 Å². The van der Waals surface area contributed by atoms with Gasteiger partial charge in [0.25, 0.3) is 0 Å². The van der Waals surface area contributed by atoms with Crippen LogP contribution in [-0.4, -0.2) is 11.2 Å². The van der Waals surface area contributed by atoms with Gasteiger partial charge in [0.1, 0.15) is 0 Å². The van der Waals surface area contributed by atoms with E-state index in [4.69, 9.17) is 12.2 Å². The molecule has 0 aromatic heterocycles. The maximum Gasteiger partial charge on any atom is 0.171 e. The van der Waals surface area contributed by atoms with Crippen LogP contribution in [0.5, 0.6) is 0 Å². The molecule has 2 unspecified atom stereocenters. The molecule has 1 heterocycles. The number of fused-ring (bicyclic) bond motifs is 5. The summed E-state index contributed by atoms with van der Waals surface area (Å²) in [5.74, 6) is 6.46. The van der Waals surface area contributed by atoms with Gasteiger partial charge in [0.05, 0.1) is 6.04 Å². The van der Waals surface area contributed by atoms with E-state index in [1.54, 1.807) is 5.57 Å². The fraction of sp³-hybridized carbons (Fsp3) is 0.906. The molecule has 2 N–H and O–H groups in total. The first-order valence-corrected chi connectivity index (χ1v) is 15.9. The van der Waals surface area contributed by atoms with Gasteiger partial charge in [-0.25, -0.2) is 0 Å². The highest BCUT2D eigenvalue weighted by molar-refractivity contribution is 7.80. The zero-order chi connectivity index (χ0) is 25.0. The molecule has 0 spiro atoms. The van der Waals surface area contributed by atoms with Crippen molar-refractivity contribution in [3.8, 4) is 0 Å². The topological polar surface area (TPSA) is 24.1 Å². The molecule has 0 amide bonds. The fourth-order valence-electron chi connectivity index (χ4n) is 10.5. The lowest BCUT2D eigenvalue weighted by Gasteiger charge is -2.61. The van der Waals surface area contributed by atoms with E-state index in [-0.39, 0.29) is 0 Å². The van der Waals surface area contributed by atoms with Gasteiger partial charge in [0.15, 0.2) is 5.11 Å². The first-order chi connectivity index (χ1) is 16.7. The Bertz CT molecular complexity index is 831. The molecule has 35 heavy (non-hydrogen) atoms. The average molecular weight is 499 g/mol. The summed E-state index contributed by atoms with van der Waals surface area (Å²) in [4.78, 5) is 0. The van der Waals surface area contributed by atoms with Crippen LogP contribution in [0.2, 0.25) is 0 Å². The highest BCUT2D eigenvalue weighted by atomic mass is 32.1. The Morgan fingerprint density at radius 2 is 1.74 bits per heavy atom. The fourth-order valence-corrected chi connectivity index (χ4v) is 10.7. The summed E-state index contributed by atoms with van der Waals surface area (Å²) >= 11 is 5.61. The summed E-state index contributed by atoms with van der Waals surface area (Å²) in [6, 6.07) is 0.471. The second-order valence-corrected chi connectivity index (χ2v) is 14.9. The van der Waals surface area contributed by atoms with Crippen LogP contribution in [0.4, 0.5) is 0 Å². The van der Waals surface area contributed by atoms with E-state index in [0.717, 1.165) is 46.5 Å². The van der Waals surface area contributed by atoms with Crippen molar-refractivity contribution >= 4 is 17.3 Å². The van der Waals surface area contributed by atoms with Crippen molar-refractivity contribution in [1.82, 2.24) is 10.6 Å². The summed E-state index contributed by atoms with van der Waals surface area (Å²) in [7, 11) is 0. The third kappa shape index (κ3) is 4.52. The van der Waals surface area contributed by atoms with Gasteiger partial charge >= 0.3 is 0 Å². The van der Waals surface area contributed by atoms with Crippen LogP contribution in [-0.2, 0) is 0 Å². The number of nitrogens with one attached hydrogen (secondary N) is 2. The molecule has 3 fully saturated rings. The predicted octanol–water partition coefficient (Wildman–Crippen LogP) is 8.62. The second-order valence-electron chi connectivity index (χ2n) is 14.5. The molecule has 0 radical (unpaired) electrons. The Kier molecular flexibility index (Phi) is 7.41. The molecular formula is C32H54N2S. The molecule has 0 aromatic rings. The zero-order valence-electron chi connectivity index (χ0n) is 23.7. The van der Waals surface area contributed by atoms with E-state index in [0.29, 0.717) is 16.9 Å². The summed E-state index contributed by atoms with van der Waals surface area (Å²) in [5.41, 5.74) is 4.28. The van der Waals surface area contributed by atoms with Crippen molar-refractivity contribution in [2.45, 2.75) is 131 Å². The summed E-state index contributed by atoms with van der Waals surface area (Å²) in [5, 5.41) is 8.13. The minimum absolute atomic E-state index is 0.471. The van der Waals surface area contributed by atoms with Crippen molar-refractivity contribution in [1.29, 1.82) is 0 Å². The van der Waals surface area contributed by atoms with E-state index in [1.807, 2.05) is 0 Å². The van der Waals surface area contributed by atoms with Gasteiger partial charge in [-0.1, -0.05) is 67.2 Å². The third-order valence-corrected chi connectivity index (χ3v) is 12.5. The number of hydrogen-bond donors (Lipinski definition) is 2. The Labute approximate surface area is 222 Å². The van der Waals surface area contributed by atoms with Crippen LogP contribution >= 0.6 is 12.2 Å². The highest BCUT2D eigenvalue weighted by Gasteiger charge is 2.61. The number of rotatable bonds is 7. The Balaban J connectivity index is 1.34. The van der Waals surface area contributed by atoms with Gasteiger partial charge in [-0.15, -0.1) is 0 Å². The lowest BCUT2D eigenvalue weighted by Crippen LogP contribution is -2.57. The molecule has 5 rings (SSSR count). The van der Waals surface area contributed by atoms with Crippen molar-refractivity contribution < 1.29 is 0 Å². The lowest BCUT2D eigenvalue weighted by atomic mass is 9.44. The SMILES string of the molecule is CCCC1NC(=S)NC2=C1C[C@@]1(C)C(CC[C@H]3[C@@H]4CC[C@H]([C@H](C)CCCC(C)C)[C@@]4(C)CC[C@@H]31)C2. The monoisotopic (exact) mass is 498 g/mol. The van der Waals surface area contributed by atoms with Crippen LogP contribution in [0, 0.1) is 52.3 Å². The van der Waals surface area contributed by atoms with E-state index in [9.17, 15) is 0 Å². The molecule has 0 bridgehead atoms. The summed E-state index contributed by atoms with van der Waals surface area (Å²) < 4.78 is 0. The smallest absolute Gasteiger partial charge is 0.171 e. The Hall–Kier alpha value is -0.570. The zero-order valence-corrected chi connectivity index (χ0v) is 24.5. The van der Waals surface area contributed by atoms with Gasteiger partial charge in [-0.2, -0.15) is 0 Å². The van der Waals surface area contributed by atoms with Gasteiger partial charge in [-0.3, -0.25) is 0 Å². The van der Waals surface area contributed by atoms with E-state index in [1.165, 1.54) is 89.2 Å². The van der Waals surface area contributed by atoms with Crippen molar-refractivity contribution in [2.75, 3.05) is 0 Å². The Morgan fingerprint density at radius 1 is 0.971 bits per heavy atom. The molecular weight excluding hydrogens is 444 g/mol. The quantitative estimate of drug-likeness (QED) is 0.344. The molecule has 4 aliphatic carbocycles. The normalized spacial score (nSPS) is 43.6. The van der Waals surface area contributed by atoms with Crippen molar-refractivity contribution in [3.63, 3.8) is 0 Å². The molecule has 3 saturated carbocycles. The molecule has 1 aliphatic heterocycles. The molecule has 0 aromatic carbocycles. The van der Waals surface area contributed by atoms with Crippen molar-refractivity contribution in [2.24, 2.45) is 52.3 Å². The molecule has 5 aliphatic rings. The largest absolute Gasteiger partial charge is 0.356 e. The highest BCUT2D eigenvalue weighted by Crippen LogP contribution is 2.68. The maximum atomic E-state index is 5.61. The van der Waals surface area contributed by atoms with Crippen LogP contribution < -0.4 is 10.6 Å². The standard InChI is InChI=1S/C32H54N2S/c1-7-9-28-24-19-32(6)22(18-29(24)34-30(35)33-28)12-13-23-26-15-14-25(21(4)11-8-10-20(2)3)31(26,5)17-16-27(23)32/h20-23,25-28H,7-19H2,1-6H3,(H2,33,34,35)/t21-,22?,23+,25-,26+,27+,28?,31-,32+/m1/s1.